The Hall–Kier alpha value is -2.33. The molecule has 0 amide bonds. The van der Waals surface area contributed by atoms with Crippen LogP contribution in [0.3, 0.4) is 0 Å². The Kier molecular flexibility index (Phi) is 35.3. The fourth-order valence-corrected chi connectivity index (χ4v) is 5.70. The highest BCUT2D eigenvalue weighted by Crippen LogP contribution is 2.43. The maximum atomic E-state index is 12.5. The summed E-state index contributed by atoms with van der Waals surface area (Å²) in [6.45, 7) is 2.17. The van der Waals surface area contributed by atoms with Crippen molar-refractivity contribution in [1.82, 2.24) is 0 Å². The molecular weight excluding hydrogens is 683 g/mol. The predicted octanol–water partition coefficient (Wildman–Crippen LogP) is 9.94. The number of allylic oxidation sites excluding steroid dienone is 10. The molecule has 0 fully saturated rings. The molecule has 10 nitrogen and oxygen atoms in total. The number of phosphoric acid groups is 1. The minimum Gasteiger partial charge on any atom is -0.462 e. The summed E-state index contributed by atoms with van der Waals surface area (Å²) in [7, 11) is -4.63. The standard InChI is InChI=1S/C41H71O10P/c1-3-5-7-9-11-13-15-17-18-19-20-21-23-25-27-29-31-33-41(45)51-39(37-50-52(46,47)49-35-38(43)34-42)36-48-40(44)32-30-28-26-24-22-16-14-12-10-8-6-4-2/h5,7,11,13,17-18,20-21,25,27,38-39,42-43H,3-4,6,8-10,12,14-16,19,22-24,26,28-37H2,1-2H3,(H,46,47)/b7-5-,13-11-,18-17-,21-20-,27-25-. The Morgan fingerprint density at radius 3 is 1.58 bits per heavy atom. The van der Waals surface area contributed by atoms with E-state index in [0.717, 1.165) is 51.4 Å². The first-order valence-electron chi connectivity index (χ1n) is 19.7. The largest absolute Gasteiger partial charge is 0.472 e. The topological polar surface area (TPSA) is 149 Å². The SMILES string of the molecule is CC/C=C\C/C=C\C/C=C\C/C=C\C/C=C\CCCC(=O)OC(COC(=O)CCCCCCCCCCCCCC)COP(=O)(O)OCC(O)CO. The van der Waals surface area contributed by atoms with Gasteiger partial charge in [0, 0.05) is 12.8 Å². The normalized spacial score (nSPS) is 14.6. The Labute approximate surface area is 315 Å². The monoisotopic (exact) mass is 754 g/mol. The zero-order valence-electron chi connectivity index (χ0n) is 32.3. The molecule has 0 heterocycles. The van der Waals surface area contributed by atoms with E-state index in [2.05, 4.69) is 67.0 Å². The van der Waals surface area contributed by atoms with Gasteiger partial charge in [-0.05, 0) is 51.4 Å². The number of carbonyl (C=O) groups excluding carboxylic acids is 2. The molecule has 0 aliphatic carbocycles. The number of phosphoric ester groups is 1. The lowest BCUT2D eigenvalue weighted by Crippen LogP contribution is -2.29. The van der Waals surface area contributed by atoms with Gasteiger partial charge in [-0.1, -0.05) is 145 Å². The Morgan fingerprint density at radius 1 is 0.596 bits per heavy atom. The van der Waals surface area contributed by atoms with Crippen LogP contribution >= 0.6 is 7.82 Å². The number of unbranched alkanes of at least 4 members (excludes halogenated alkanes) is 12. The summed E-state index contributed by atoms with van der Waals surface area (Å²) in [6.07, 6.45) is 39.1. The number of aliphatic hydroxyl groups excluding tert-OH is 2. The molecule has 3 N–H and O–H groups in total. The summed E-state index contributed by atoms with van der Waals surface area (Å²) >= 11 is 0. The van der Waals surface area contributed by atoms with Crippen LogP contribution in [0.2, 0.25) is 0 Å². The summed E-state index contributed by atoms with van der Waals surface area (Å²) in [5.74, 6) is -0.997. The van der Waals surface area contributed by atoms with Crippen LogP contribution < -0.4 is 0 Å². The van der Waals surface area contributed by atoms with E-state index in [1.54, 1.807) is 0 Å². The summed E-state index contributed by atoms with van der Waals surface area (Å²) < 4.78 is 32.5. The summed E-state index contributed by atoms with van der Waals surface area (Å²) in [5, 5.41) is 18.3. The van der Waals surface area contributed by atoms with Crippen molar-refractivity contribution in [2.24, 2.45) is 0 Å². The van der Waals surface area contributed by atoms with Crippen LogP contribution in [0.4, 0.5) is 0 Å². The third-order valence-corrected chi connectivity index (χ3v) is 8.89. The molecule has 300 valence electrons. The molecule has 11 heteroatoms. The van der Waals surface area contributed by atoms with E-state index in [9.17, 15) is 24.2 Å². The number of carbonyl (C=O) groups is 2. The fraction of sp³-hybridized carbons (Fsp3) is 0.707. The van der Waals surface area contributed by atoms with Gasteiger partial charge in [0.2, 0.25) is 0 Å². The number of hydrogen-bond donors (Lipinski definition) is 3. The second-order valence-corrected chi connectivity index (χ2v) is 14.4. The maximum absolute atomic E-state index is 12.5. The van der Waals surface area contributed by atoms with E-state index in [1.165, 1.54) is 51.4 Å². The van der Waals surface area contributed by atoms with Gasteiger partial charge < -0.3 is 24.6 Å². The van der Waals surface area contributed by atoms with Crippen molar-refractivity contribution in [1.29, 1.82) is 0 Å². The lowest BCUT2D eigenvalue weighted by atomic mass is 10.0. The van der Waals surface area contributed by atoms with Crippen molar-refractivity contribution in [2.45, 2.75) is 161 Å². The molecule has 0 radical (unpaired) electrons. The average Bonchev–Trinajstić information content (AvgIpc) is 3.13. The number of esters is 2. The quantitative estimate of drug-likeness (QED) is 0.0244. The summed E-state index contributed by atoms with van der Waals surface area (Å²) in [4.78, 5) is 34.8. The highest BCUT2D eigenvalue weighted by Gasteiger charge is 2.27. The number of ether oxygens (including phenoxy) is 2. The zero-order valence-corrected chi connectivity index (χ0v) is 33.1. The van der Waals surface area contributed by atoms with Gasteiger partial charge >= 0.3 is 19.8 Å². The van der Waals surface area contributed by atoms with Crippen LogP contribution in [-0.2, 0) is 32.7 Å². The van der Waals surface area contributed by atoms with E-state index in [4.69, 9.17) is 19.1 Å². The number of aliphatic hydroxyl groups is 2. The molecule has 0 aliphatic heterocycles. The van der Waals surface area contributed by atoms with Crippen LogP contribution in [-0.4, -0.2) is 65.7 Å². The molecule has 0 aromatic rings. The van der Waals surface area contributed by atoms with Crippen LogP contribution in [0, 0.1) is 0 Å². The van der Waals surface area contributed by atoms with E-state index < -0.39 is 51.8 Å². The lowest BCUT2D eigenvalue weighted by Gasteiger charge is -2.20. The van der Waals surface area contributed by atoms with E-state index in [-0.39, 0.29) is 19.4 Å². The predicted molar refractivity (Wildman–Crippen MR) is 210 cm³/mol. The fourth-order valence-electron chi connectivity index (χ4n) is 4.91. The molecule has 0 saturated carbocycles. The smallest absolute Gasteiger partial charge is 0.462 e. The first-order chi connectivity index (χ1) is 25.2. The minimum absolute atomic E-state index is 0.105. The van der Waals surface area contributed by atoms with Crippen LogP contribution in [0.25, 0.3) is 0 Å². The first kappa shape index (κ1) is 49.7. The molecule has 52 heavy (non-hydrogen) atoms. The first-order valence-corrected chi connectivity index (χ1v) is 21.2. The van der Waals surface area contributed by atoms with Crippen molar-refractivity contribution < 1.29 is 47.8 Å². The van der Waals surface area contributed by atoms with E-state index in [1.807, 2.05) is 12.2 Å². The molecule has 0 rings (SSSR count). The third-order valence-electron chi connectivity index (χ3n) is 7.94. The van der Waals surface area contributed by atoms with E-state index in [0.29, 0.717) is 19.3 Å². The number of rotatable bonds is 36. The highest BCUT2D eigenvalue weighted by molar-refractivity contribution is 7.47. The van der Waals surface area contributed by atoms with Gasteiger partial charge in [-0.25, -0.2) is 4.57 Å². The van der Waals surface area contributed by atoms with Crippen molar-refractivity contribution in [3.8, 4) is 0 Å². The molecular formula is C41H71O10P. The second-order valence-electron chi connectivity index (χ2n) is 12.9. The van der Waals surface area contributed by atoms with Crippen molar-refractivity contribution in [3.05, 3.63) is 60.8 Å². The van der Waals surface area contributed by atoms with Gasteiger partial charge in [-0.3, -0.25) is 18.6 Å². The molecule has 0 spiro atoms. The van der Waals surface area contributed by atoms with Gasteiger partial charge in [0.25, 0.3) is 0 Å². The van der Waals surface area contributed by atoms with Crippen molar-refractivity contribution >= 4 is 19.8 Å². The molecule has 0 aromatic carbocycles. The van der Waals surface area contributed by atoms with Gasteiger partial charge in [0.1, 0.15) is 12.7 Å². The Balaban J connectivity index is 4.47. The molecule has 0 aromatic heterocycles. The van der Waals surface area contributed by atoms with Crippen molar-refractivity contribution in [2.75, 3.05) is 26.4 Å². The second kappa shape index (κ2) is 37.0. The van der Waals surface area contributed by atoms with Gasteiger partial charge in [0.05, 0.1) is 19.8 Å². The summed E-state index contributed by atoms with van der Waals surface area (Å²) in [6, 6.07) is 0. The van der Waals surface area contributed by atoms with E-state index >= 15 is 0 Å². The highest BCUT2D eigenvalue weighted by atomic mass is 31.2. The Morgan fingerprint density at radius 2 is 1.06 bits per heavy atom. The lowest BCUT2D eigenvalue weighted by molar-refractivity contribution is -0.161. The van der Waals surface area contributed by atoms with Gasteiger partial charge in [0.15, 0.2) is 6.10 Å². The summed E-state index contributed by atoms with van der Waals surface area (Å²) in [5.41, 5.74) is 0. The maximum Gasteiger partial charge on any atom is 0.472 e. The molecule has 3 unspecified atom stereocenters. The molecule has 3 atom stereocenters. The van der Waals surface area contributed by atoms with Gasteiger partial charge in [-0.15, -0.1) is 0 Å². The Bertz CT molecular complexity index is 1050. The average molecular weight is 755 g/mol. The van der Waals surface area contributed by atoms with Crippen LogP contribution in [0.1, 0.15) is 149 Å². The van der Waals surface area contributed by atoms with Gasteiger partial charge in [-0.2, -0.15) is 0 Å². The third kappa shape index (κ3) is 36.0. The van der Waals surface area contributed by atoms with Crippen molar-refractivity contribution in [3.63, 3.8) is 0 Å². The van der Waals surface area contributed by atoms with Crippen LogP contribution in [0.15, 0.2) is 60.8 Å². The molecule has 0 aliphatic rings. The molecule has 0 saturated heterocycles. The molecule has 0 bridgehead atoms. The number of hydrogen-bond acceptors (Lipinski definition) is 9. The van der Waals surface area contributed by atoms with Crippen LogP contribution in [0.5, 0.6) is 0 Å². The minimum atomic E-state index is -4.63. The zero-order chi connectivity index (χ0) is 38.4.